The number of carbonyl (C=O) groups is 3. The number of esters is 1. The van der Waals surface area contributed by atoms with E-state index in [0.717, 1.165) is 13.2 Å². The molecule has 0 saturated heterocycles. The molecule has 1 amide bonds. The summed E-state index contributed by atoms with van der Waals surface area (Å²) in [6, 6.07) is 5.72. The fourth-order valence-corrected chi connectivity index (χ4v) is 2.38. The van der Waals surface area contributed by atoms with E-state index >= 15 is 0 Å². The molecule has 1 aliphatic rings. The minimum absolute atomic E-state index is 0.0175. The van der Waals surface area contributed by atoms with Crippen LogP contribution in [0.3, 0.4) is 0 Å². The first kappa shape index (κ1) is 18.0. The van der Waals surface area contributed by atoms with Crippen molar-refractivity contribution < 1.29 is 29.3 Å². The van der Waals surface area contributed by atoms with Gasteiger partial charge in [0.1, 0.15) is 5.70 Å². The molecule has 1 heterocycles. The summed E-state index contributed by atoms with van der Waals surface area (Å²) in [4.78, 5) is 37.0. The second-order valence-corrected chi connectivity index (χ2v) is 5.10. The van der Waals surface area contributed by atoms with Crippen molar-refractivity contribution in [1.82, 2.24) is 4.90 Å². The Labute approximate surface area is 142 Å². The first-order chi connectivity index (χ1) is 11.9. The number of ether oxygens (including phenoxy) is 1. The quantitative estimate of drug-likeness (QED) is 0.609. The molecule has 130 valence electrons. The number of methoxy groups -OCH3 is 1. The number of nitriles is 1. The van der Waals surface area contributed by atoms with Crippen molar-refractivity contribution in [2.75, 3.05) is 32.1 Å². The van der Waals surface area contributed by atoms with Gasteiger partial charge >= 0.3 is 11.9 Å². The predicted molar refractivity (Wildman–Crippen MR) is 84.4 cm³/mol. The summed E-state index contributed by atoms with van der Waals surface area (Å²) in [5.74, 6) is -2.59. The third-order valence-electron chi connectivity index (χ3n) is 3.59. The largest absolute Gasteiger partial charge is 0.478 e. The van der Waals surface area contributed by atoms with Crippen LogP contribution in [0, 0.1) is 11.3 Å². The number of rotatable bonds is 6. The Morgan fingerprint density at radius 1 is 1.44 bits per heavy atom. The Bertz CT molecular complexity index is 809. The number of anilines is 1. The van der Waals surface area contributed by atoms with Gasteiger partial charge in [0.25, 0.3) is 5.91 Å². The van der Waals surface area contributed by atoms with Crippen molar-refractivity contribution in [3.8, 4) is 6.07 Å². The number of amides is 1. The molecule has 1 aliphatic heterocycles. The van der Waals surface area contributed by atoms with E-state index in [1.807, 2.05) is 6.07 Å². The summed E-state index contributed by atoms with van der Waals surface area (Å²) in [6.45, 7) is -0.332. The van der Waals surface area contributed by atoms with Crippen molar-refractivity contribution in [3.05, 3.63) is 40.6 Å². The molecule has 0 spiro atoms. The number of nitrogens with one attached hydrogen (secondary N) is 1. The van der Waals surface area contributed by atoms with Crippen LogP contribution in [0.5, 0.6) is 0 Å². The lowest BCUT2D eigenvalue weighted by Gasteiger charge is -2.15. The smallest absolute Gasteiger partial charge is 0.337 e. The van der Waals surface area contributed by atoms with E-state index in [2.05, 4.69) is 10.1 Å². The number of carboxylic acid groups (broad SMARTS) is 1. The van der Waals surface area contributed by atoms with Gasteiger partial charge in [-0.15, -0.1) is 0 Å². The van der Waals surface area contributed by atoms with E-state index in [9.17, 15) is 19.5 Å². The van der Waals surface area contributed by atoms with E-state index < -0.39 is 17.8 Å². The average Bonchev–Trinajstić information content (AvgIpc) is 2.91. The molecule has 0 atom stereocenters. The molecular weight excluding hydrogens is 330 g/mol. The number of hydrogen-bond donors (Lipinski definition) is 3. The van der Waals surface area contributed by atoms with E-state index in [-0.39, 0.29) is 47.8 Å². The maximum absolute atomic E-state index is 12.4. The highest BCUT2D eigenvalue weighted by molar-refractivity contribution is 6.09. The van der Waals surface area contributed by atoms with Gasteiger partial charge in [-0.05, 0) is 18.2 Å². The number of β-amino-alcohol motifs (C(OH)–C–C–N with tert-alkyl or cyclic N) is 1. The zero-order valence-electron chi connectivity index (χ0n) is 13.3. The Hall–Kier alpha value is -3.38. The lowest BCUT2D eigenvalue weighted by atomic mass is 10.1. The van der Waals surface area contributed by atoms with Crippen LogP contribution in [0.15, 0.2) is 29.5 Å². The number of carboxylic acids is 1. The Balaban J connectivity index is 2.45. The molecule has 2 rings (SSSR count). The van der Waals surface area contributed by atoms with Crippen LogP contribution in [-0.2, 0) is 14.3 Å². The molecule has 0 saturated carbocycles. The normalized spacial score (nSPS) is 13.6. The highest BCUT2D eigenvalue weighted by Gasteiger charge is 2.35. The highest BCUT2D eigenvalue weighted by atomic mass is 16.5. The molecule has 0 fully saturated rings. The maximum atomic E-state index is 12.4. The molecule has 0 bridgehead atoms. The lowest BCUT2D eigenvalue weighted by Crippen LogP contribution is -2.31. The van der Waals surface area contributed by atoms with Crippen molar-refractivity contribution >= 4 is 23.5 Å². The topological polar surface area (TPSA) is 140 Å². The summed E-state index contributed by atoms with van der Waals surface area (Å²) in [5, 5.41) is 29.9. The molecule has 25 heavy (non-hydrogen) atoms. The van der Waals surface area contributed by atoms with Crippen LogP contribution in [0.2, 0.25) is 0 Å². The summed E-state index contributed by atoms with van der Waals surface area (Å²) < 4.78 is 4.65. The zero-order chi connectivity index (χ0) is 18.6. The molecule has 0 aliphatic carbocycles. The van der Waals surface area contributed by atoms with Crippen molar-refractivity contribution in [2.24, 2.45) is 0 Å². The van der Waals surface area contributed by atoms with Gasteiger partial charge in [-0.2, -0.15) is 5.26 Å². The van der Waals surface area contributed by atoms with E-state index in [1.165, 1.54) is 17.0 Å². The number of aliphatic hydroxyl groups is 1. The van der Waals surface area contributed by atoms with Crippen LogP contribution in [0.1, 0.15) is 15.9 Å². The molecule has 1 aromatic carbocycles. The SMILES string of the molecule is COC(=O)C1=C(Nc2ccc(C#N)cc2C(=O)O)C(=O)N(CCO)C1. The van der Waals surface area contributed by atoms with E-state index in [1.54, 1.807) is 0 Å². The second kappa shape index (κ2) is 7.46. The first-order valence-corrected chi connectivity index (χ1v) is 7.19. The number of aliphatic hydroxyl groups excluding tert-OH is 1. The predicted octanol–water partition coefficient (Wildman–Crippen LogP) is -0.0700. The Kier molecular flexibility index (Phi) is 5.36. The summed E-state index contributed by atoms with van der Waals surface area (Å²) >= 11 is 0. The third-order valence-corrected chi connectivity index (χ3v) is 3.59. The molecule has 1 aromatic rings. The van der Waals surface area contributed by atoms with Gasteiger partial charge in [0.2, 0.25) is 0 Å². The van der Waals surface area contributed by atoms with Crippen LogP contribution >= 0.6 is 0 Å². The van der Waals surface area contributed by atoms with Crippen LogP contribution < -0.4 is 5.32 Å². The first-order valence-electron chi connectivity index (χ1n) is 7.19. The number of hydrogen-bond acceptors (Lipinski definition) is 7. The second-order valence-electron chi connectivity index (χ2n) is 5.10. The van der Waals surface area contributed by atoms with Crippen molar-refractivity contribution in [3.63, 3.8) is 0 Å². The molecule has 0 unspecified atom stereocenters. The number of aromatic carboxylic acids is 1. The van der Waals surface area contributed by atoms with Gasteiger partial charge in [0, 0.05) is 6.54 Å². The minimum Gasteiger partial charge on any atom is -0.478 e. The van der Waals surface area contributed by atoms with Crippen molar-refractivity contribution in [2.45, 2.75) is 0 Å². The van der Waals surface area contributed by atoms with Gasteiger partial charge in [0.05, 0.1) is 48.7 Å². The molecule has 9 heteroatoms. The average molecular weight is 345 g/mol. The highest BCUT2D eigenvalue weighted by Crippen LogP contribution is 2.25. The number of nitrogens with zero attached hydrogens (tertiary/aromatic N) is 2. The Morgan fingerprint density at radius 2 is 2.16 bits per heavy atom. The molecule has 3 N–H and O–H groups in total. The van der Waals surface area contributed by atoms with Gasteiger partial charge in [-0.25, -0.2) is 9.59 Å². The molecule has 9 nitrogen and oxygen atoms in total. The zero-order valence-corrected chi connectivity index (χ0v) is 13.3. The van der Waals surface area contributed by atoms with Crippen LogP contribution in [0.4, 0.5) is 5.69 Å². The van der Waals surface area contributed by atoms with Crippen LogP contribution in [0.25, 0.3) is 0 Å². The van der Waals surface area contributed by atoms with E-state index in [4.69, 9.17) is 10.4 Å². The van der Waals surface area contributed by atoms with E-state index in [0.29, 0.717) is 0 Å². The standard InChI is InChI=1S/C16H15N3O6/c1-25-16(24)11-8-19(4-5-20)14(21)13(11)18-12-3-2-9(7-17)6-10(12)15(22)23/h2-3,6,18,20H,4-5,8H2,1H3,(H,22,23). The fourth-order valence-electron chi connectivity index (χ4n) is 2.38. The van der Waals surface area contributed by atoms with Gasteiger partial charge in [0.15, 0.2) is 0 Å². The van der Waals surface area contributed by atoms with Gasteiger partial charge in [-0.3, -0.25) is 4.79 Å². The summed E-state index contributed by atoms with van der Waals surface area (Å²) in [6.07, 6.45) is 0. The maximum Gasteiger partial charge on any atom is 0.337 e. The molecular formula is C16H15N3O6. The minimum atomic E-state index is -1.29. The fraction of sp³-hybridized carbons (Fsp3) is 0.250. The third kappa shape index (κ3) is 3.59. The summed E-state index contributed by atoms with van der Waals surface area (Å²) in [5.41, 5.74) is -0.106. The molecule has 0 radical (unpaired) electrons. The van der Waals surface area contributed by atoms with Crippen LogP contribution in [-0.4, -0.2) is 59.8 Å². The summed E-state index contributed by atoms with van der Waals surface area (Å²) in [7, 11) is 1.16. The lowest BCUT2D eigenvalue weighted by molar-refractivity contribution is -0.136. The number of benzene rings is 1. The van der Waals surface area contributed by atoms with Gasteiger partial charge < -0.3 is 25.2 Å². The van der Waals surface area contributed by atoms with Gasteiger partial charge in [-0.1, -0.05) is 0 Å². The molecule has 0 aromatic heterocycles. The monoisotopic (exact) mass is 345 g/mol. The number of carbonyl (C=O) groups excluding carboxylic acids is 2. The van der Waals surface area contributed by atoms with Crippen molar-refractivity contribution in [1.29, 1.82) is 5.26 Å². The Morgan fingerprint density at radius 3 is 2.72 bits per heavy atom.